The van der Waals surface area contributed by atoms with Gasteiger partial charge in [-0.15, -0.1) is 11.3 Å². The molecule has 0 aromatic carbocycles. The van der Waals surface area contributed by atoms with E-state index < -0.39 is 0 Å². The predicted octanol–water partition coefficient (Wildman–Crippen LogP) is 4.75. The summed E-state index contributed by atoms with van der Waals surface area (Å²) in [6, 6.07) is 4.24. The number of ether oxygens (including phenoxy) is 1. The Morgan fingerprint density at radius 1 is 1.20 bits per heavy atom. The van der Waals surface area contributed by atoms with Crippen LogP contribution in [-0.2, 0) is 11.3 Å². The highest BCUT2D eigenvalue weighted by Gasteiger charge is 2.12. The average Bonchev–Trinajstić information content (AvgIpc) is 2.52. The zero-order valence-corrected chi connectivity index (χ0v) is 11.3. The lowest BCUT2D eigenvalue weighted by Crippen LogP contribution is -2.10. The van der Waals surface area contributed by atoms with Crippen LogP contribution in [0.5, 0.6) is 0 Å². The summed E-state index contributed by atoms with van der Waals surface area (Å²) >= 11 is 5.25. The van der Waals surface area contributed by atoms with Gasteiger partial charge in [0, 0.05) is 4.88 Å². The van der Waals surface area contributed by atoms with E-state index in [4.69, 9.17) is 4.74 Å². The second-order valence-corrected chi connectivity index (χ2v) is 6.68. The zero-order chi connectivity index (χ0) is 10.5. The molecular formula is C12H17BrOS. The Morgan fingerprint density at radius 3 is 2.53 bits per heavy atom. The fraction of sp³-hybridized carbons (Fsp3) is 0.667. The minimum Gasteiger partial charge on any atom is -0.373 e. The van der Waals surface area contributed by atoms with Gasteiger partial charge in [0.1, 0.15) is 0 Å². The lowest BCUT2D eigenvalue weighted by Gasteiger charge is -2.14. The van der Waals surface area contributed by atoms with Gasteiger partial charge in [0.15, 0.2) is 0 Å². The van der Waals surface area contributed by atoms with Gasteiger partial charge in [-0.25, -0.2) is 0 Å². The molecule has 2 rings (SSSR count). The van der Waals surface area contributed by atoms with E-state index in [0.29, 0.717) is 6.10 Å². The predicted molar refractivity (Wildman–Crippen MR) is 68.3 cm³/mol. The molecule has 0 N–H and O–H groups in total. The summed E-state index contributed by atoms with van der Waals surface area (Å²) in [5, 5.41) is 0. The Labute approximate surface area is 104 Å². The van der Waals surface area contributed by atoms with Gasteiger partial charge in [-0.2, -0.15) is 0 Å². The van der Waals surface area contributed by atoms with Crippen LogP contribution in [-0.4, -0.2) is 6.10 Å². The summed E-state index contributed by atoms with van der Waals surface area (Å²) in [6.07, 6.45) is 8.50. The van der Waals surface area contributed by atoms with Crippen LogP contribution >= 0.6 is 27.3 Å². The van der Waals surface area contributed by atoms with Crippen molar-refractivity contribution < 1.29 is 4.74 Å². The Kier molecular flexibility index (Phi) is 4.66. The van der Waals surface area contributed by atoms with Crippen molar-refractivity contribution in [3.05, 3.63) is 20.8 Å². The Balaban J connectivity index is 1.76. The van der Waals surface area contributed by atoms with Crippen molar-refractivity contribution in [3.8, 4) is 0 Å². The zero-order valence-electron chi connectivity index (χ0n) is 8.88. The molecule has 1 saturated carbocycles. The maximum Gasteiger partial charge on any atom is 0.0813 e. The first-order chi connectivity index (χ1) is 7.34. The highest BCUT2D eigenvalue weighted by atomic mass is 79.9. The smallest absolute Gasteiger partial charge is 0.0813 e. The average molecular weight is 289 g/mol. The second kappa shape index (κ2) is 6.02. The van der Waals surface area contributed by atoms with Gasteiger partial charge in [0.25, 0.3) is 0 Å². The Morgan fingerprint density at radius 2 is 1.93 bits per heavy atom. The molecule has 1 aliphatic rings. The number of hydrogen-bond acceptors (Lipinski definition) is 2. The highest BCUT2D eigenvalue weighted by molar-refractivity contribution is 9.11. The summed E-state index contributed by atoms with van der Waals surface area (Å²) in [7, 11) is 0. The van der Waals surface area contributed by atoms with E-state index >= 15 is 0 Å². The standard InChI is InChI=1S/C12H17BrOS/c13-12-8-7-11(15-12)9-14-10-5-3-1-2-4-6-10/h7-8,10H,1-6,9H2. The summed E-state index contributed by atoms with van der Waals surface area (Å²) in [6.45, 7) is 0.793. The fourth-order valence-corrected chi connectivity index (χ4v) is 3.44. The van der Waals surface area contributed by atoms with Crippen LogP contribution in [0.3, 0.4) is 0 Å². The van der Waals surface area contributed by atoms with Crippen LogP contribution in [0.15, 0.2) is 15.9 Å². The Bertz CT molecular complexity index is 290. The topological polar surface area (TPSA) is 9.23 Å². The third-order valence-corrected chi connectivity index (χ3v) is 4.49. The van der Waals surface area contributed by atoms with Crippen molar-refractivity contribution in [1.29, 1.82) is 0 Å². The molecule has 1 aliphatic carbocycles. The molecule has 1 aromatic heterocycles. The number of thiophene rings is 1. The fourth-order valence-electron chi connectivity index (χ4n) is 2.04. The van der Waals surface area contributed by atoms with Crippen LogP contribution in [0.1, 0.15) is 43.4 Å². The van der Waals surface area contributed by atoms with E-state index in [9.17, 15) is 0 Å². The van der Waals surface area contributed by atoms with Crippen LogP contribution in [0.4, 0.5) is 0 Å². The first-order valence-electron chi connectivity index (χ1n) is 5.70. The van der Waals surface area contributed by atoms with Gasteiger partial charge < -0.3 is 4.74 Å². The molecular weight excluding hydrogens is 272 g/mol. The van der Waals surface area contributed by atoms with Crippen LogP contribution < -0.4 is 0 Å². The molecule has 1 heterocycles. The van der Waals surface area contributed by atoms with Gasteiger partial charge in [-0.05, 0) is 40.9 Å². The van der Waals surface area contributed by atoms with Gasteiger partial charge in [-0.3, -0.25) is 0 Å². The van der Waals surface area contributed by atoms with E-state index in [-0.39, 0.29) is 0 Å². The summed E-state index contributed by atoms with van der Waals surface area (Å²) in [5.41, 5.74) is 0. The minimum atomic E-state index is 0.508. The summed E-state index contributed by atoms with van der Waals surface area (Å²) in [4.78, 5) is 1.33. The van der Waals surface area contributed by atoms with Crippen LogP contribution in [0.25, 0.3) is 0 Å². The summed E-state index contributed by atoms with van der Waals surface area (Å²) in [5.74, 6) is 0. The molecule has 0 spiro atoms. The van der Waals surface area contributed by atoms with Crippen molar-refractivity contribution in [2.75, 3.05) is 0 Å². The molecule has 0 saturated heterocycles. The largest absolute Gasteiger partial charge is 0.373 e. The number of hydrogen-bond donors (Lipinski definition) is 0. The maximum atomic E-state index is 5.95. The molecule has 0 amide bonds. The monoisotopic (exact) mass is 288 g/mol. The second-order valence-electron chi connectivity index (χ2n) is 4.13. The van der Waals surface area contributed by atoms with E-state index in [1.54, 1.807) is 11.3 Å². The van der Waals surface area contributed by atoms with E-state index in [1.807, 2.05) is 0 Å². The van der Waals surface area contributed by atoms with Crippen LogP contribution in [0.2, 0.25) is 0 Å². The molecule has 0 bridgehead atoms. The van der Waals surface area contributed by atoms with E-state index in [1.165, 1.54) is 47.2 Å². The SMILES string of the molecule is Brc1ccc(COC2CCCCCC2)s1. The van der Waals surface area contributed by atoms with Crippen molar-refractivity contribution >= 4 is 27.3 Å². The lowest BCUT2D eigenvalue weighted by molar-refractivity contribution is 0.0324. The third-order valence-electron chi connectivity index (χ3n) is 2.89. The molecule has 1 nitrogen and oxygen atoms in total. The molecule has 0 unspecified atom stereocenters. The van der Waals surface area contributed by atoms with Crippen molar-refractivity contribution in [1.82, 2.24) is 0 Å². The molecule has 84 valence electrons. The third kappa shape index (κ3) is 3.89. The maximum absolute atomic E-state index is 5.95. The molecule has 15 heavy (non-hydrogen) atoms. The molecule has 0 aliphatic heterocycles. The van der Waals surface area contributed by atoms with Gasteiger partial charge in [0.2, 0.25) is 0 Å². The molecule has 0 radical (unpaired) electrons. The molecule has 1 fully saturated rings. The van der Waals surface area contributed by atoms with Gasteiger partial charge >= 0.3 is 0 Å². The van der Waals surface area contributed by atoms with E-state index in [2.05, 4.69) is 28.1 Å². The van der Waals surface area contributed by atoms with Crippen molar-refractivity contribution in [2.45, 2.75) is 51.2 Å². The van der Waals surface area contributed by atoms with E-state index in [0.717, 1.165) is 6.61 Å². The minimum absolute atomic E-state index is 0.508. The van der Waals surface area contributed by atoms with Crippen molar-refractivity contribution in [2.24, 2.45) is 0 Å². The molecule has 3 heteroatoms. The van der Waals surface area contributed by atoms with Gasteiger partial charge in [0.05, 0.1) is 16.5 Å². The first-order valence-corrected chi connectivity index (χ1v) is 7.31. The lowest BCUT2D eigenvalue weighted by atomic mass is 10.1. The summed E-state index contributed by atoms with van der Waals surface area (Å²) < 4.78 is 7.15. The number of halogens is 1. The quantitative estimate of drug-likeness (QED) is 0.730. The number of rotatable bonds is 3. The Hall–Kier alpha value is 0.140. The highest BCUT2D eigenvalue weighted by Crippen LogP contribution is 2.25. The van der Waals surface area contributed by atoms with Crippen molar-refractivity contribution in [3.63, 3.8) is 0 Å². The molecule has 1 aromatic rings. The first kappa shape index (κ1) is 11.6. The normalized spacial score (nSPS) is 19.0. The molecule has 0 atom stereocenters. The van der Waals surface area contributed by atoms with Crippen LogP contribution in [0, 0.1) is 0 Å². The van der Waals surface area contributed by atoms with Gasteiger partial charge in [-0.1, -0.05) is 25.7 Å².